The molecule has 0 aliphatic rings. The molecule has 0 aromatic heterocycles. The first-order valence-corrected chi connectivity index (χ1v) is 8.65. The molecule has 2 aromatic rings. The maximum Gasteiger partial charge on any atom is 0.127 e. The summed E-state index contributed by atoms with van der Waals surface area (Å²) in [6, 6.07) is 17.3. The molecule has 0 saturated heterocycles. The van der Waals surface area contributed by atoms with Gasteiger partial charge in [-0.25, -0.2) is 4.39 Å². The highest BCUT2D eigenvalue weighted by Gasteiger charge is 2.17. The van der Waals surface area contributed by atoms with Gasteiger partial charge in [0.15, 0.2) is 0 Å². The number of hydrogen-bond acceptors (Lipinski definition) is 1. The van der Waals surface area contributed by atoms with Gasteiger partial charge < -0.3 is 0 Å². The van der Waals surface area contributed by atoms with Crippen molar-refractivity contribution in [2.75, 3.05) is 0 Å². The second kappa shape index (κ2) is 9.88. The lowest BCUT2D eigenvalue weighted by Crippen LogP contribution is -2.07. The average Bonchev–Trinajstić information content (AvgIpc) is 2.61. The van der Waals surface area contributed by atoms with Crippen LogP contribution in [-0.2, 0) is 0 Å². The smallest absolute Gasteiger partial charge is 0.127 e. The van der Waals surface area contributed by atoms with Gasteiger partial charge in [-0.2, -0.15) is 5.26 Å². The molecule has 24 heavy (non-hydrogen) atoms. The molecule has 2 rings (SSSR count). The highest BCUT2D eigenvalue weighted by atomic mass is 19.1. The zero-order valence-electron chi connectivity index (χ0n) is 15.4. The lowest BCUT2D eigenvalue weighted by Gasteiger charge is -2.17. The van der Waals surface area contributed by atoms with Gasteiger partial charge in [0.05, 0.1) is 11.6 Å². The Morgan fingerprint density at radius 1 is 0.958 bits per heavy atom. The van der Waals surface area contributed by atoms with Crippen LogP contribution in [-0.4, -0.2) is 0 Å². The van der Waals surface area contributed by atoms with Crippen LogP contribution in [0.15, 0.2) is 48.5 Å². The molecule has 128 valence electrons. The van der Waals surface area contributed by atoms with Crippen molar-refractivity contribution in [3.63, 3.8) is 0 Å². The molecule has 0 fully saturated rings. The second-order valence-electron chi connectivity index (χ2n) is 6.57. The summed E-state index contributed by atoms with van der Waals surface area (Å²) in [5.74, 6) is 0.844. The van der Waals surface area contributed by atoms with Crippen molar-refractivity contribution >= 4 is 0 Å². The van der Waals surface area contributed by atoms with Crippen LogP contribution in [0, 0.1) is 23.1 Å². The Morgan fingerprint density at radius 2 is 1.58 bits per heavy atom. The van der Waals surface area contributed by atoms with Crippen molar-refractivity contribution in [1.29, 1.82) is 5.26 Å². The van der Waals surface area contributed by atoms with Crippen molar-refractivity contribution in [3.8, 4) is 6.07 Å². The molecule has 2 atom stereocenters. The van der Waals surface area contributed by atoms with Gasteiger partial charge in [0, 0.05) is 5.56 Å². The van der Waals surface area contributed by atoms with Crippen LogP contribution in [0.5, 0.6) is 0 Å². The van der Waals surface area contributed by atoms with Gasteiger partial charge in [0.1, 0.15) is 5.82 Å². The minimum absolute atomic E-state index is 0.0749. The van der Waals surface area contributed by atoms with Gasteiger partial charge in [0.25, 0.3) is 0 Å². The van der Waals surface area contributed by atoms with Crippen LogP contribution in [0.4, 0.5) is 4.39 Å². The van der Waals surface area contributed by atoms with Crippen molar-refractivity contribution in [3.05, 3.63) is 71.0 Å². The summed E-state index contributed by atoms with van der Waals surface area (Å²) < 4.78 is 13.5. The molecule has 0 aliphatic heterocycles. The van der Waals surface area contributed by atoms with E-state index < -0.39 is 0 Å². The largest absolute Gasteiger partial charge is 0.207 e. The van der Waals surface area contributed by atoms with Crippen LogP contribution in [0.3, 0.4) is 0 Å². The quantitative estimate of drug-likeness (QED) is 0.617. The highest BCUT2D eigenvalue weighted by molar-refractivity contribution is 5.40. The van der Waals surface area contributed by atoms with Gasteiger partial charge in [-0.1, -0.05) is 71.0 Å². The molecule has 1 nitrogen and oxygen atoms in total. The molecule has 0 bridgehead atoms. The predicted octanol–water partition coefficient (Wildman–Crippen LogP) is 6.66. The molecule has 2 aromatic carbocycles. The van der Waals surface area contributed by atoms with Crippen molar-refractivity contribution in [2.24, 2.45) is 5.92 Å². The van der Waals surface area contributed by atoms with Gasteiger partial charge >= 0.3 is 0 Å². The number of nitrogens with zero attached hydrogens (tertiary/aromatic N) is 1. The molecule has 0 N–H and O–H groups in total. The maximum atomic E-state index is 13.5. The lowest BCUT2D eigenvalue weighted by molar-refractivity contribution is 0.500. The molecule has 2 heteroatoms. The molecule has 0 amide bonds. The van der Waals surface area contributed by atoms with Crippen LogP contribution in [0.2, 0.25) is 0 Å². The second-order valence-corrected chi connectivity index (χ2v) is 6.57. The summed E-state index contributed by atoms with van der Waals surface area (Å²) in [5.41, 5.74) is 2.45. The predicted molar refractivity (Wildman–Crippen MR) is 99.5 cm³/mol. The molecule has 0 heterocycles. The fourth-order valence-corrected chi connectivity index (χ4v) is 2.45. The van der Waals surface area contributed by atoms with E-state index in [4.69, 9.17) is 5.26 Å². The van der Waals surface area contributed by atoms with Crippen LogP contribution in [0.25, 0.3) is 0 Å². The summed E-state index contributed by atoms with van der Waals surface area (Å²) in [4.78, 5) is 0. The molecule has 0 spiro atoms. The Kier molecular flexibility index (Phi) is 8.19. The standard InChI is InChI=1S/C12H14FN.C10H14/c1-8(2)9(3)12-10(7-14)5-4-6-11(12)13;1-3-9(2)10-7-5-4-6-8-10/h4-6,8-9H,1-3H3;4-9H,3H2,1-2H3/t9-;/m0./s1. The molecule has 0 saturated carbocycles. The summed E-state index contributed by atoms with van der Waals surface area (Å²) in [7, 11) is 0. The Morgan fingerprint density at radius 3 is 2.08 bits per heavy atom. The number of benzene rings is 2. The van der Waals surface area contributed by atoms with Crippen LogP contribution in [0.1, 0.15) is 69.6 Å². The van der Waals surface area contributed by atoms with Crippen molar-refractivity contribution < 1.29 is 4.39 Å². The first kappa shape index (κ1) is 19.9. The Hall–Kier alpha value is -2.14. The summed E-state index contributed by atoms with van der Waals surface area (Å²) in [6.45, 7) is 10.5. The van der Waals surface area contributed by atoms with E-state index >= 15 is 0 Å². The van der Waals surface area contributed by atoms with Crippen molar-refractivity contribution in [1.82, 2.24) is 0 Å². The zero-order valence-corrected chi connectivity index (χ0v) is 15.4. The SMILES string of the molecule is CC(C)[C@H](C)c1c(F)cccc1C#N.CCC(C)c1ccccc1. The summed E-state index contributed by atoms with van der Waals surface area (Å²) in [6.07, 6.45) is 1.23. The Bertz CT molecular complexity index is 655. The number of rotatable bonds is 4. The van der Waals surface area contributed by atoms with Gasteiger partial charge in [-0.05, 0) is 41.9 Å². The minimum Gasteiger partial charge on any atom is -0.207 e. The van der Waals surface area contributed by atoms with Gasteiger partial charge in [-0.15, -0.1) is 0 Å². The Balaban J connectivity index is 0.000000254. The first-order valence-electron chi connectivity index (χ1n) is 8.65. The molecule has 0 aliphatic carbocycles. The fraction of sp³-hybridized carbons (Fsp3) is 0.409. The van der Waals surface area contributed by atoms with E-state index in [0.717, 1.165) is 0 Å². The molecule has 1 unspecified atom stereocenters. The molecular weight excluding hydrogens is 297 g/mol. The topological polar surface area (TPSA) is 23.8 Å². The Labute approximate surface area is 146 Å². The normalized spacial score (nSPS) is 12.8. The molecule has 0 radical (unpaired) electrons. The van der Waals surface area contributed by atoms with E-state index in [1.807, 2.05) is 26.8 Å². The highest BCUT2D eigenvalue weighted by Crippen LogP contribution is 2.28. The average molecular weight is 325 g/mol. The number of hydrogen-bond donors (Lipinski definition) is 0. The lowest BCUT2D eigenvalue weighted by atomic mass is 9.87. The van der Waals surface area contributed by atoms with Gasteiger partial charge in [0.2, 0.25) is 0 Å². The van der Waals surface area contributed by atoms with E-state index in [9.17, 15) is 4.39 Å². The fourth-order valence-electron chi connectivity index (χ4n) is 2.45. The summed E-state index contributed by atoms with van der Waals surface area (Å²) >= 11 is 0. The third-order valence-corrected chi connectivity index (χ3v) is 4.61. The summed E-state index contributed by atoms with van der Waals surface area (Å²) in [5, 5.41) is 8.86. The third-order valence-electron chi connectivity index (χ3n) is 4.61. The number of nitriles is 1. The molecular formula is C22H28FN. The van der Waals surface area contributed by atoms with E-state index in [2.05, 4.69) is 44.2 Å². The van der Waals surface area contributed by atoms with Crippen LogP contribution < -0.4 is 0 Å². The van der Waals surface area contributed by atoms with Crippen LogP contribution >= 0.6 is 0 Å². The third kappa shape index (κ3) is 5.49. The zero-order chi connectivity index (χ0) is 18.1. The van der Waals surface area contributed by atoms with Gasteiger partial charge in [-0.3, -0.25) is 0 Å². The van der Waals surface area contributed by atoms with E-state index in [1.165, 1.54) is 18.1 Å². The van der Waals surface area contributed by atoms with E-state index in [-0.39, 0.29) is 11.7 Å². The monoisotopic (exact) mass is 325 g/mol. The van der Waals surface area contributed by atoms with E-state index in [0.29, 0.717) is 23.0 Å². The minimum atomic E-state index is -0.273. The van der Waals surface area contributed by atoms with E-state index in [1.54, 1.807) is 12.1 Å². The maximum absolute atomic E-state index is 13.5. The van der Waals surface area contributed by atoms with Crippen molar-refractivity contribution in [2.45, 2.75) is 52.9 Å². The first-order chi connectivity index (χ1) is 11.4. The number of halogens is 1.